The molecule has 3 rings (SSSR count). The first kappa shape index (κ1) is 19.1. The molecule has 0 spiro atoms. The van der Waals surface area contributed by atoms with Crippen molar-refractivity contribution in [2.24, 2.45) is 0 Å². The second-order valence-electron chi connectivity index (χ2n) is 6.04. The molecule has 0 unspecified atom stereocenters. The second-order valence-corrected chi connectivity index (χ2v) is 9.23. The minimum Gasteiger partial charge on any atom is -0.376 e. The van der Waals surface area contributed by atoms with E-state index in [0.717, 1.165) is 22.1 Å². The van der Waals surface area contributed by atoms with Gasteiger partial charge >= 0.3 is 0 Å². The van der Waals surface area contributed by atoms with Crippen LogP contribution in [0, 0.1) is 3.57 Å². The maximum Gasteiger partial charge on any atom is 0.243 e. The molecule has 1 aliphatic rings. The molecular weight excluding hydrogens is 465 g/mol. The third kappa shape index (κ3) is 4.74. The number of hydrogen-bond donors (Lipinski definition) is 2. The number of carbonyl (C=O) groups excluding carboxylic acids is 1. The summed E-state index contributed by atoms with van der Waals surface area (Å²) in [5.41, 5.74) is 1.44. The number of nitrogens with one attached hydrogen (secondary N) is 2. The molecule has 1 fully saturated rings. The van der Waals surface area contributed by atoms with E-state index in [9.17, 15) is 13.2 Å². The van der Waals surface area contributed by atoms with Crippen LogP contribution in [0.25, 0.3) is 0 Å². The van der Waals surface area contributed by atoms with Crippen LogP contribution in [0.3, 0.4) is 0 Å². The first-order valence-corrected chi connectivity index (χ1v) is 10.9. The van der Waals surface area contributed by atoms with Crippen molar-refractivity contribution in [1.29, 1.82) is 0 Å². The number of amides is 1. The fraction of sp³-hybridized carbons (Fsp3) is 0.278. The first-order valence-electron chi connectivity index (χ1n) is 8.35. The Hall–Kier alpha value is -1.65. The highest BCUT2D eigenvalue weighted by molar-refractivity contribution is 14.1. The molecule has 138 valence electrons. The van der Waals surface area contributed by atoms with Gasteiger partial charge in [0.2, 0.25) is 15.9 Å². The molecule has 2 aromatic carbocycles. The maximum absolute atomic E-state index is 12.5. The van der Waals surface area contributed by atoms with Crippen LogP contribution in [0.1, 0.15) is 12.8 Å². The molecule has 26 heavy (non-hydrogen) atoms. The van der Waals surface area contributed by atoms with Gasteiger partial charge in [0, 0.05) is 28.0 Å². The summed E-state index contributed by atoms with van der Waals surface area (Å²) in [6.45, 7) is 1.28. The SMILES string of the molecule is O=C(CNc1ccc(I)cc1)Nc1ccc(S(=O)(=O)N2CCCC2)cc1. The first-order chi connectivity index (χ1) is 12.4. The van der Waals surface area contributed by atoms with Crippen LogP contribution in [0.15, 0.2) is 53.4 Å². The van der Waals surface area contributed by atoms with Gasteiger partial charge in [-0.05, 0) is 84.0 Å². The number of hydrogen-bond acceptors (Lipinski definition) is 4. The average Bonchev–Trinajstić information content (AvgIpc) is 3.17. The van der Waals surface area contributed by atoms with Gasteiger partial charge in [0.05, 0.1) is 11.4 Å². The van der Waals surface area contributed by atoms with Crippen LogP contribution in [-0.2, 0) is 14.8 Å². The van der Waals surface area contributed by atoms with Crippen LogP contribution in [0.2, 0.25) is 0 Å². The van der Waals surface area contributed by atoms with Crippen LogP contribution in [0.4, 0.5) is 11.4 Å². The third-order valence-electron chi connectivity index (χ3n) is 4.14. The van der Waals surface area contributed by atoms with Crippen molar-refractivity contribution in [3.63, 3.8) is 0 Å². The molecule has 8 heteroatoms. The minimum absolute atomic E-state index is 0.133. The Kier molecular flexibility index (Phi) is 6.15. The number of nitrogens with zero attached hydrogens (tertiary/aromatic N) is 1. The van der Waals surface area contributed by atoms with Crippen LogP contribution < -0.4 is 10.6 Å². The predicted octanol–water partition coefficient (Wildman–Crippen LogP) is 3.13. The Morgan fingerprint density at radius 2 is 1.54 bits per heavy atom. The Bertz CT molecular complexity index is 862. The van der Waals surface area contributed by atoms with Crippen molar-refractivity contribution in [1.82, 2.24) is 4.31 Å². The molecule has 2 aromatic rings. The lowest BCUT2D eigenvalue weighted by atomic mass is 10.3. The molecule has 0 radical (unpaired) electrons. The van der Waals surface area contributed by atoms with Crippen LogP contribution in [0.5, 0.6) is 0 Å². The molecule has 6 nitrogen and oxygen atoms in total. The van der Waals surface area contributed by atoms with Gasteiger partial charge in [0.15, 0.2) is 0 Å². The average molecular weight is 485 g/mol. The van der Waals surface area contributed by atoms with E-state index in [2.05, 4.69) is 33.2 Å². The van der Waals surface area contributed by atoms with Gasteiger partial charge in [-0.25, -0.2) is 8.42 Å². The number of carbonyl (C=O) groups is 1. The van der Waals surface area contributed by atoms with E-state index in [1.165, 1.54) is 16.4 Å². The number of rotatable bonds is 6. The molecule has 1 amide bonds. The lowest BCUT2D eigenvalue weighted by Crippen LogP contribution is -2.27. The summed E-state index contributed by atoms with van der Waals surface area (Å²) in [5, 5.41) is 5.81. The van der Waals surface area contributed by atoms with Crippen LogP contribution in [-0.4, -0.2) is 38.3 Å². The van der Waals surface area contributed by atoms with Gasteiger partial charge in [-0.3, -0.25) is 4.79 Å². The zero-order valence-electron chi connectivity index (χ0n) is 14.1. The topological polar surface area (TPSA) is 78.5 Å². The van der Waals surface area contributed by atoms with Crippen molar-refractivity contribution in [2.45, 2.75) is 17.7 Å². The molecule has 0 bridgehead atoms. The summed E-state index contributed by atoms with van der Waals surface area (Å²) in [4.78, 5) is 12.3. The Morgan fingerprint density at radius 1 is 0.962 bits per heavy atom. The lowest BCUT2D eigenvalue weighted by molar-refractivity contribution is -0.114. The summed E-state index contributed by atoms with van der Waals surface area (Å²) >= 11 is 2.22. The molecule has 2 N–H and O–H groups in total. The zero-order valence-corrected chi connectivity index (χ0v) is 17.1. The van der Waals surface area contributed by atoms with Gasteiger partial charge in [0.25, 0.3) is 0 Å². The third-order valence-corrected chi connectivity index (χ3v) is 6.77. The molecule has 1 aliphatic heterocycles. The fourth-order valence-corrected chi connectivity index (χ4v) is 4.62. The van der Waals surface area contributed by atoms with Gasteiger partial charge < -0.3 is 10.6 Å². The van der Waals surface area contributed by atoms with E-state index in [4.69, 9.17) is 0 Å². The second kappa shape index (κ2) is 8.36. The molecule has 1 heterocycles. The van der Waals surface area contributed by atoms with Gasteiger partial charge in [0.1, 0.15) is 0 Å². The monoisotopic (exact) mass is 485 g/mol. The summed E-state index contributed by atoms with van der Waals surface area (Å²) in [6, 6.07) is 14.0. The number of benzene rings is 2. The number of sulfonamides is 1. The molecule has 1 saturated heterocycles. The predicted molar refractivity (Wildman–Crippen MR) is 111 cm³/mol. The maximum atomic E-state index is 12.5. The lowest BCUT2D eigenvalue weighted by Gasteiger charge is -2.15. The standard InChI is InChI=1S/C18H20IN3O3S/c19-14-3-5-15(6-4-14)20-13-18(23)21-16-7-9-17(10-8-16)26(24,25)22-11-1-2-12-22/h3-10,20H,1-2,11-13H2,(H,21,23). The fourth-order valence-electron chi connectivity index (χ4n) is 2.74. The summed E-state index contributed by atoms with van der Waals surface area (Å²) in [7, 11) is -3.43. The van der Waals surface area contributed by atoms with E-state index in [-0.39, 0.29) is 17.3 Å². The number of halogens is 1. The van der Waals surface area contributed by atoms with Gasteiger partial charge in [-0.2, -0.15) is 4.31 Å². The largest absolute Gasteiger partial charge is 0.376 e. The molecule has 0 saturated carbocycles. The van der Waals surface area contributed by atoms with Crippen molar-refractivity contribution >= 4 is 49.9 Å². The zero-order chi connectivity index (χ0) is 18.6. The van der Waals surface area contributed by atoms with Crippen molar-refractivity contribution in [3.05, 3.63) is 52.1 Å². The smallest absolute Gasteiger partial charge is 0.243 e. The number of anilines is 2. The summed E-state index contributed by atoms with van der Waals surface area (Å²) < 4.78 is 27.6. The van der Waals surface area contributed by atoms with E-state index in [1.54, 1.807) is 12.1 Å². The van der Waals surface area contributed by atoms with Crippen molar-refractivity contribution in [3.8, 4) is 0 Å². The highest BCUT2D eigenvalue weighted by Crippen LogP contribution is 2.22. The van der Waals surface area contributed by atoms with Crippen molar-refractivity contribution in [2.75, 3.05) is 30.3 Å². The van der Waals surface area contributed by atoms with E-state index in [1.807, 2.05) is 24.3 Å². The van der Waals surface area contributed by atoms with Gasteiger partial charge in [-0.15, -0.1) is 0 Å². The van der Waals surface area contributed by atoms with Gasteiger partial charge in [-0.1, -0.05) is 0 Å². The normalized spacial score (nSPS) is 15.0. The molecule has 0 aromatic heterocycles. The van der Waals surface area contributed by atoms with Crippen LogP contribution >= 0.6 is 22.6 Å². The Morgan fingerprint density at radius 3 is 2.15 bits per heavy atom. The molecule has 0 atom stereocenters. The molecule has 0 aliphatic carbocycles. The van der Waals surface area contributed by atoms with E-state index < -0.39 is 10.0 Å². The Balaban J connectivity index is 1.56. The van der Waals surface area contributed by atoms with E-state index >= 15 is 0 Å². The summed E-state index contributed by atoms with van der Waals surface area (Å²) in [5.74, 6) is -0.196. The highest BCUT2D eigenvalue weighted by Gasteiger charge is 2.26. The minimum atomic E-state index is -3.43. The van der Waals surface area contributed by atoms with E-state index in [0.29, 0.717) is 18.8 Å². The Labute approximate surface area is 167 Å². The summed E-state index contributed by atoms with van der Waals surface area (Å²) in [6.07, 6.45) is 1.81. The highest BCUT2D eigenvalue weighted by atomic mass is 127. The quantitative estimate of drug-likeness (QED) is 0.617. The van der Waals surface area contributed by atoms with Crippen molar-refractivity contribution < 1.29 is 13.2 Å². The molecular formula is C18H20IN3O3S.